The highest BCUT2D eigenvalue weighted by atomic mass is 14.6. The normalized spacial score (nSPS) is 29.2. The summed E-state index contributed by atoms with van der Waals surface area (Å²) in [5.74, 6) is 1.51. The summed E-state index contributed by atoms with van der Waals surface area (Å²) in [5.41, 5.74) is 10.4. The van der Waals surface area contributed by atoms with E-state index in [4.69, 9.17) is 5.73 Å². The van der Waals surface area contributed by atoms with Crippen LogP contribution in [-0.4, -0.2) is 6.04 Å². The molecule has 3 unspecified atom stereocenters. The van der Waals surface area contributed by atoms with Crippen molar-refractivity contribution in [1.82, 2.24) is 0 Å². The Hall–Kier alpha value is -1.08. The third kappa shape index (κ3) is 1.42. The summed E-state index contributed by atoms with van der Waals surface area (Å²) in [6, 6.07) is 8.98. The molecular weight excluding hydrogens is 194 g/mol. The average molecular weight is 213 g/mol. The van der Waals surface area contributed by atoms with E-state index >= 15 is 0 Å². The van der Waals surface area contributed by atoms with E-state index in [1.54, 1.807) is 5.56 Å². The van der Waals surface area contributed by atoms with Gasteiger partial charge in [-0.3, -0.25) is 0 Å². The van der Waals surface area contributed by atoms with Crippen molar-refractivity contribution in [2.75, 3.05) is 0 Å². The van der Waals surface area contributed by atoms with Crippen LogP contribution in [0, 0.1) is 5.92 Å². The van der Waals surface area contributed by atoms with Crippen LogP contribution < -0.4 is 5.73 Å². The van der Waals surface area contributed by atoms with Crippen molar-refractivity contribution in [3.63, 3.8) is 0 Å². The molecule has 1 heteroatoms. The van der Waals surface area contributed by atoms with Crippen LogP contribution in [0.4, 0.5) is 0 Å². The summed E-state index contributed by atoms with van der Waals surface area (Å²) in [5, 5.41) is 0. The van der Waals surface area contributed by atoms with Crippen LogP contribution in [0.3, 0.4) is 0 Å². The molecule has 1 fully saturated rings. The summed E-state index contributed by atoms with van der Waals surface area (Å²) >= 11 is 0. The maximum absolute atomic E-state index is 6.10. The summed E-state index contributed by atoms with van der Waals surface area (Å²) in [7, 11) is 0. The second-order valence-corrected chi connectivity index (χ2v) is 5.20. The lowest BCUT2D eigenvalue weighted by molar-refractivity contribution is 0.579. The Balaban J connectivity index is 2.14. The Kier molecular flexibility index (Phi) is 2.36. The van der Waals surface area contributed by atoms with Crippen molar-refractivity contribution in [1.29, 1.82) is 0 Å². The SMILES string of the molecule is CC(N)C1=CC2CCCC2c2ccccc21. The van der Waals surface area contributed by atoms with E-state index < -0.39 is 0 Å². The first-order chi connectivity index (χ1) is 7.77. The Morgan fingerprint density at radius 3 is 2.88 bits per heavy atom. The van der Waals surface area contributed by atoms with Crippen LogP contribution in [-0.2, 0) is 0 Å². The van der Waals surface area contributed by atoms with Crippen molar-refractivity contribution in [2.24, 2.45) is 11.7 Å². The number of allylic oxidation sites excluding steroid dienone is 1. The minimum atomic E-state index is 0.155. The van der Waals surface area contributed by atoms with Crippen LogP contribution in [0.25, 0.3) is 5.57 Å². The van der Waals surface area contributed by atoms with Crippen LogP contribution in [0.2, 0.25) is 0 Å². The molecular formula is C15H19N. The maximum atomic E-state index is 6.10. The first-order valence-electron chi connectivity index (χ1n) is 6.34. The molecule has 0 heterocycles. The molecule has 84 valence electrons. The Bertz CT molecular complexity index is 431. The van der Waals surface area contributed by atoms with E-state index in [1.165, 1.54) is 30.4 Å². The fourth-order valence-corrected chi connectivity index (χ4v) is 3.38. The van der Waals surface area contributed by atoms with E-state index in [-0.39, 0.29) is 6.04 Å². The summed E-state index contributed by atoms with van der Waals surface area (Å²) in [6.45, 7) is 2.10. The second-order valence-electron chi connectivity index (χ2n) is 5.20. The van der Waals surface area contributed by atoms with Gasteiger partial charge in [-0.25, -0.2) is 0 Å². The van der Waals surface area contributed by atoms with Gasteiger partial charge < -0.3 is 5.73 Å². The van der Waals surface area contributed by atoms with Crippen LogP contribution in [0.5, 0.6) is 0 Å². The predicted molar refractivity (Wildman–Crippen MR) is 68.2 cm³/mol. The third-order valence-corrected chi connectivity index (χ3v) is 4.12. The molecule has 0 spiro atoms. The lowest BCUT2D eigenvalue weighted by atomic mass is 9.76. The lowest BCUT2D eigenvalue weighted by Crippen LogP contribution is -2.23. The van der Waals surface area contributed by atoms with Gasteiger partial charge in [0.2, 0.25) is 0 Å². The number of rotatable bonds is 1. The number of benzene rings is 1. The van der Waals surface area contributed by atoms with Crippen molar-refractivity contribution >= 4 is 5.57 Å². The van der Waals surface area contributed by atoms with Crippen molar-refractivity contribution in [3.8, 4) is 0 Å². The molecule has 1 aromatic rings. The molecule has 0 aliphatic heterocycles. The Morgan fingerprint density at radius 1 is 1.25 bits per heavy atom. The van der Waals surface area contributed by atoms with Gasteiger partial charge in [0.05, 0.1) is 0 Å². The van der Waals surface area contributed by atoms with Gasteiger partial charge in [0.1, 0.15) is 0 Å². The molecule has 1 saturated carbocycles. The zero-order valence-corrected chi connectivity index (χ0v) is 9.82. The molecule has 2 N–H and O–H groups in total. The molecule has 3 atom stereocenters. The minimum absolute atomic E-state index is 0.155. The molecule has 0 amide bonds. The molecule has 1 nitrogen and oxygen atoms in total. The molecule has 1 aromatic carbocycles. The van der Waals surface area contributed by atoms with E-state index in [9.17, 15) is 0 Å². The number of fused-ring (bicyclic) bond motifs is 3. The topological polar surface area (TPSA) is 26.0 Å². The van der Waals surface area contributed by atoms with Crippen LogP contribution >= 0.6 is 0 Å². The van der Waals surface area contributed by atoms with Crippen molar-refractivity contribution in [2.45, 2.75) is 38.1 Å². The van der Waals surface area contributed by atoms with Gasteiger partial charge in [-0.05, 0) is 48.3 Å². The van der Waals surface area contributed by atoms with Gasteiger partial charge in [0, 0.05) is 6.04 Å². The van der Waals surface area contributed by atoms with Crippen molar-refractivity contribution < 1.29 is 0 Å². The average Bonchev–Trinajstić information content (AvgIpc) is 2.75. The minimum Gasteiger partial charge on any atom is -0.324 e. The van der Waals surface area contributed by atoms with Gasteiger partial charge in [0.15, 0.2) is 0 Å². The standard InChI is InChI=1S/C15H19N/c1-10(16)15-9-11-5-4-8-12(11)13-6-2-3-7-14(13)15/h2-3,6-7,9-12H,4-5,8,16H2,1H3. The number of hydrogen-bond donors (Lipinski definition) is 1. The molecule has 0 bridgehead atoms. The summed E-state index contributed by atoms with van der Waals surface area (Å²) in [6.07, 6.45) is 6.51. The van der Waals surface area contributed by atoms with Gasteiger partial charge in [-0.1, -0.05) is 36.8 Å². The third-order valence-electron chi connectivity index (χ3n) is 4.12. The van der Waals surface area contributed by atoms with E-state index in [1.807, 2.05) is 0 Å². The fourth-order valence-electron chi connectivity index (χ4n) is 3.38. The van der Waals surface area contributed by atoms with Gasteiger partial charge in [-0.15, -0.1) is 0 Å². The monoisotopic (exact) mass is 213 g/mol. The quantitative estimate of drug-likeness (QED) is 0.761. The second kappa shape index (κ2) is 3.74. The molecule has 3 rings (SSSR count). The molecule has 0 radical (unpaired) electrons. The molecule has 0 saturated heterocycles. The van der Waals surface area contributed by atoms with E-state index in [0.717, 1.165) is 11.8 Å². The highest BCUT2D eigenvalue weighted by molar-refractivity contribution is 5.74. The molecule has 0 aromatic heterocycles. The maximum Gasteiger partial charge on any atom is 0.0269 e. The van der Waals surface area contributed by atoms with Crippen LogP contribution in [0.15, 0.2) is 30.3 Å². The molecule has 16 heavy (non-hydrogen) atoms. The first kappa shape index (κ1) is 10.1. The Morgan fingerprint density at radius 2 is 2.06 bits per heavy atom. The highest BCUT2D eigenvalue weighted by Crippen LogP contribution is 2.47. The van der Waals surface area contributed by atoms with Gasteiger partial charge in [0.25, 0.3) is 0 Å². The van der Waals surface area contributed by atoms with Crippen LogP contribution in [0.1, 0.15) is 43.2 Å². The lowest BCUT2D eigenvalue weighted by Gasteiger charge is -2.29. The first-order valence-corrected chi connectivity index (χ1v) is 6.34. The summed E-state index contributed by atoms with van der Waals surface area (Å²) < 4.78 is 0. The largest absolute Gasteiger partial charge is 0.324 e. The predicted octanol–water partition coefficient (Wildman–Crippen LogP) is 3.31. The number of hydrogen-bond acceptors (Lipinski definition) is 1. The molecule has 2 aliphatic carbocycles. The van der Waals surface area contributed by atoms with E-state index in [2.05, 4.69) is 37.3 Å². The van der Waals surface area contributed by atoms with Crippen molar-refractivity contribution in [3.05, 3.63) is 41.5 Å². The smallest absolute Gasteiger partial charge is 0.0269 e. The van der Waals surface area contributed by atoms with Gasteiger partial charge in [-0.2, -0.15) is 0 Å². The zero-order chi connectivity index (χ0) is 11.1. The highest BCUT2D eigenvalue weighted by Gasteiger charge is 2.33. The number of nitrogens with two attached hydrogens (primary N) is 1. The Labute approximate surface area is 97.4 Å². The summed E-state index contributed by atoms with van der Waals surface area (Å²) in [4.78, 5) is 0. The fraction of sp³-hybridized carbons (Fsp3) is 0.467. The van der Waals surface area contributed by atoms with E-state index in [0.29, 0.717) is 0 Å². The molecule has 2 aliphatic rings. The van der Waals surface area contributed by atoms with Gasteiger partial charge >= 0.3 is 0 Å². The zero-order valence-electron chi connectivity index (χ0n) is 9.82.